The van der Waals surface area contributed by atoms with Crippen LogP contribution in [0.2, 0.25) is 0 Å². The van der Waals surface area contributed by atoms with Crippen molar-refractivity contribution in [3.63, 3.8) is 0 Å². The zero-order chi connectivity index (χ0) is 25.8. The number of rotatable bonds is 7. The quantitative estimate of drug-likeness (QED) is 0.245. The van der Waals surface area contributed by atoms with Gasteiger partial charge < -0.3 is 14.4 Å². The van der Waals surface area contributed by atoms with Gasteiger partial charge in [0.2, 0.25) is 5.91 Å². The molecule has 0 atom stereocenters. The molecule has 2 heterocycles. The van der Waals surface area contributed by atoms with Gasteiger partial charge in [0, 0.05) is 25.2 Å². The molecule has 2 aromatic rings. The number of nitro benzene ring substituents is 1. The van der Waals surface area contributed by atoms with Crippen LogP contribution < -0.4 is 4.74 Å². The number of ether oxygens (including phenoxy) is 2. The summed E-state index contributed by atoms with van der Waals surface area (Å²) in [6.45, 7) is 1.53. The van der Waals surface area contributed by atoms with Crippen LogP contribution in [0.15, 0.2) is 50.2 Å². The molecule has 2 aromatic carbocycles. The van der Waals surface area contributed by atoms with E-state index in [1.54, 1.807) is 35.2 Å². The minimum atomic E-state index is -0.523. The fourth-order valence-corrected chi connectivity index (χ4v) is 5.84. The van der Waals surface area contributed by atoms with Crippen molar-refractivity contribution in [1.29, 1.82) is 0 Å². The number of imide groups is 1. The third kappa shape index (κ3) is 6.14. The predicted octanol–water partition coefficient (Wildman–Crippen LogP) is 4.59. The predicted molar refractivity (Wildman–Crippen MR) is 139 cm³/mol. The number of carbonyl (C=O) groups excluding carboxylic acids is 3. The smallest absolute Gasteiger partial charge is 0.294 e. The first-order valence-corrected chi connectivity index (χ1v) is 13.1. The molecule has 0 bridgehead atoms. The number of morpholine rings is 1. The number of nitrogens with zero attached hydrogens (tertiary/aromatic N) is 3. The number of hydrogen-bond donors (Lipinski definition) is 0. The number of thioether (sulfide) groups is 1. The van der Waals surface area contributed by atoms with Crippen LogP contribution in [0.4, 0.5) is 10.5 Å². The maximum Gasteiger partial charge on any atom is 0.294 e. The molecule has 2 aliphatic rings. The number of amides is 3. The molecule has 36 heavy (non-hydrogen) atoms. The van der Waals surface area contributed by atoms with Crippen molar-refractivity contribution in [2.24, 2.45) is 0 Å². The van der Waals surface area contributed by atoms with Crippen LogP contribution in [0, 0.1) is 10.1 Å². The third-order valence-electron chi connectivity index (χ3n) is 5.35. The van der Waals surface area contributed by atoms with Gasteiger partial charge in [-0.3, -0.25) is 29.4 Å². The van der Waals surface area contributed by atoms with Crippen LogP contribution in [0.25, 0.3) is 6.08 Å². The van der Waals surface area contributed by atoms with Crippen molar-refractivity contribution < 1.29 is 28.8 Å². The lowest BCUT2D eigenvalue weighted by Gasteiger charge is -2.28. The Balaban J connectivity index is 1.45. The van der Waals surface area contributed by atoms with E-state index in [-0.39, 0.29) is 29.7 Å². The largest absolute Gasteiger partial charge is 0.487 e. The van der Waals surface area contributed by atoms with E-state index in [4.69, 9.17) is 9.47 Å². The molecule has 2 fully saturated rings. The van der Waals surface area contributed by atoms with Gasteiger partial charge in [-0.15, -0.1) is 0 Å². The summed E-state index contributed by atoms with van der Waals surface area (Å²) >= 11 is 7.68. The van der Waals surface area contributed by atoms with Crippen molar-refractivity contribution in [3.05, 3.63) is 71.5 Å². The molecule has 0 saturated carbocycles. The second kappa shape index (κ2) is 11.5. The van der Waals surface area contributed by atoms with Gasteiger partial charge in [-0.2, -0.15) is 0 Å². The first-order chi connectivity index (χ1) is 17.2. The monoisotopic (exact) mass is 639 g/mol. The van der Waals surface area contributed by atoms with Crippen LogP contribution in [-0.4, -0.2) is 64.6 Å². The lowest BCUT2D eigenvalue weighted by Crippen LogP contribution is -2.46. The number of non-ortho nitro benzene ring substituents is 1. The van der Waals surface area contributed by atoms with Crippen molar-refractivity contribution in [2.75, 3.05) is 32.8 Å². The average molecular weight is 641 g/mol. The minimum Gasteiger partial charge on any atom is -0.487 e. The second-order valence-corrected chi connectivity index (χ2v) is 10.5. The van der Waals surface area contributed by atoms with E-state index in [0.29, 0.717) is 52.1 Å². The zero-order valence-corrected chi connectivity index (χ0v) is 22.6. The maximum absolute atomic E-state index is 12.8. The van der Waals surface area contributed by atoms with E-state index in [0.717, 1.165) is 16.7 Å². The molecule has 4 rings (SSSR count). The van der Waals surface area contributed by atoms with Crippen LogP contribution in [0.5, 0.6) is 5.75 Å². The Kier molecular flexibility index (Phi) is 8.44. The molecule has 10 nitrogen and oxygen atoms in total. The Morgan fingerprint density at radius 1 is 1.17 bits per heavy atom. The van der Waals surface area contributed by atoms with Gasteiger partial charge in [-0.05, 0) is 73.0 Å². The summed E-state index contributed by atoms with van der Waals surface area (Å²) in [4.78, 5) is 51.0. The molecular weight excluding hydrogens is 622 g/mol. The van der Waals surface area contributed by atoms with Crippen molar-refractivity contribution in [3.8, 4) is 5.75 Å². The summed E-state index contributed by atoms with van der Waals surface area (Å²) < 4.78 is 12.2. The standard InChI is InChI=1S/C23H19Br2N3O7S/c24-17-9-15(10-18(25)21(17)35-13-14-2-1-3-16(8-14)28(32)33)11-19-22(30)27(23(31)36-19)12-20(29)26-4-6-34-7-5-26/h1-3,8-11H,4-7,12-13H2/b19-11+. The van der Waals surface area contributed by atoms with Crippen LogP contribution in [0.3, 0.4) is 0 Å². The topological polar surface area (TPSA) is 119 Å². The Morgan fingerprint density at radius 2 is 1.86 bits per heavy atom. The first kappa shape index (κ1) is 26.3. The molecule has 2 saturated heterocycles. The second-order valence-electron chi connectivity index (χ2n) is 7.79. The van der Waals surface area contributed by atoms with Crippen LogP contribution >= 0.6 is 43.6 Å². The van der Waals surface area contributed by atoms with E-state index in [1.165, 1.54) is 12.1 Å². The highest BCUT2D eigenvalue weighted by Crippen LogP contribution is 2.38. The molecule has 0 aromatic heterocycles. The summed E-state index contributed by atoms with van der Waals surface area (Å²) in [5.41, 5.74) is 1.24. The van der Waals surface area contributed by atoms with E-state index in [1.807, 2.05) is 0 Å². The number of halogens is 2. The first-order valence-electron chi connectivity index (χ1n) is 10.7. The molecule has 0 N–H and O–H groups in total. The highest BCUT2D eigenvalue weighted by Gasteiger charge is 2.37. The van der Waals surface area contributed by atoms with Gasteiger partial charge in [0.1, 0.15) is 18.9 Å². The summed E-state index contributed by atoms with van der Waals surface area (Å²) in [6, 6.07) is 9.61. The Morgan fingerprint density at radius 3 is 2.53 bits per heavy atom. The molecular formula is C23H19Br2N3O7S. The van der Waals surface area contributed by atoms with Crippen molar-refractivity contribution >= 4 is 72.4 Å². The van der Waals surface area contributed by atoms with Crippen LogP contribution in [0.1, 0.15) is 11.1 Å². The average Bonchev–Trinajstić information content (AvgIpc) is 3.11. The number of hydrogen-bond acceptors (Lipinski definition) is 8. The number of carbonyl (C=O) groups is 3. The van der Waals surface area contributed by atoms with Gasteiger partial charge in [0.15, 0.2) is 0 Å². The molecule has 0 spiro atoms. The molecule has 0 aliphatic carbocycles. The Hall–Kier alpha value is -2.74. The number of nitro groups is 1. The normalized spacial score (nSPS) is 17.1. The summed E-state index contributed by atoms with van der Waals surface area (Å²) in [7, 11) is 0. The fourth-order valence-electron chi connectivity index (χ4n) is 3.55. The Labute approximate surface area is 227 Å². The minimum absolute atomic E-state index is 0.0230. The zero-order valence-electron chi connectivity index (χ0n) is 18.6. The van der Waals surface area contributed by atoms with Gasteiger partial charge in [0.05, 0.1) is 32.0 Å². The van der Waals surface area contributed by atoms with Gasteiger partial charge in [0.25, 0.3) is 16.8 Å². The Bertz CT molecular complexity index is 1240. The third-order valence-corrected chi connectivity index (χ3v) is 7.44. The van der Waals surface area contributed by atoms with E-state index in [9.17, 15) is 24.5 Å². The lowest BCUT2D eigenvalue weighted by atomic mass is 10.2. The number of benzene rings is 2. The molecule has 0 unspecified atom stereocenters. The van der Waals surface area contributed by atoms with Gasteiger partial charge >= 0.3 is 0 Å². The molecule has 13 heteroatoms. The van der Waals surface area contributed by atoms with Gasteiger partial charge in [-0.1, -0.05) is 12.1 Å². The molecule has 188 valence electrons. The van der Waals surface area contributed by atoms with E-state index in [2.05, 4.69) is 31.9 Å². The molecule has 0 radical (unpaired) electrons. The van der Waals surface area contributed by atoms with Gasteiger partial charge in [-0.25, -0.2) is 0 Å². The molecule has 3 amide bonds. The van der Waals surface area contributed by atoms with Crippen LogP contribution in [-0.2, 0) is 20.9 Å². The fraction of sp³-hybridized carbons (Fsp3) is 0.261. The highest BCUT2D eigenvalue weighted by atomic mass is 79.9. The maximum atomic E-state index is 12.8. The van der Waals surface area contributed by atoms with Crippen molar-refractivity contribution in [2.45, 2.75) is 6.61 Å². The summed E-state index contributed by atoms with van der Waals surface area (Å²) in [5.74, 6) is -0.342. The lowest BCUT2D eigenvalue weighted by molar-refractivity contribution is -0.384. The SMILES string of the molecule is O=C(CN1C(=O)S/C(=C/c2cc(Br)c(OCc3cccc([N+](=O)[O-])c3)c(Br)c2)C1=O)N1CCOCC1. The molecule has 2 aliphatic heterocycles. The summed E-state index contributed by atoms with van der Waals surface area (Å²) in [6.07, 6.45) is 1.57. The summed E-state index contributed by atoms with van der Waals surface area (Å²) in [5, 5.41) is 10.5. The highest BCUT2D eigenvalue weighted by molar-refractivity contribution is 9.11. The van der Waals surface area contributed by atoms with E-state index >= 15 is 0 Å². The van der Waals surface area contributed by atoms with Crippen molar-refractivity contribution in [1.82, 2.24) is 9.80 Å². The van der Waals surface area contributed by atoms with E-state index < -0.39 is 16.1 Å².